The van der Waals surface area contributed by atoms with Crippen LogP contribution >= 0.6 is 0 Å². The molecular formula is C9H12N4O3. The fourth-order valence-electron chi connectivity index (χ4n) is 1.25. The highest BCUT2D eigenvalue weighted by atomic mass is 16.6. The molecular weight excluding hydrogens is 212 g/mol. The minimum atomic E-state index is -0.330. The van der Waals surface area contributed by atoms with Crippen LogP contribution in [-0.2, 0) is 14.3 Å². The van der Waals surface area contributed by atoms with Gasteiger partial charge in [-0.3, -0.25) is 9.89 Å². The average Bonchev–Trinajstić information content (AvgIpc) is 2.83. The van der Waals surface area contributed by atoms with Crippen LogP contribution in [-0.4, -0.2) is 34.3 Å². The van der Waals surface area contributed by atoms with Crippen molar-refractivity contribution in [3.8, 4) is 0 Å². The van der Waals surface area contributed by atoms with Crippen molar-refractivity contribution < 1.29 is 14.3 Å². The quantitative estimate of drug-likeness (QED) is 0.746. The van der Waals surface area contributed by atoms with Gasteiger partial charge < -0.3 is 14.8 Å². The van der Waals surface area contributed by atoms with Crippen LogP contribution in [0.4, 0.5) is 0 Å². The molecule has 0 saturated heterocycles. The highest BCUT2D eigenvalue weighted by Gasteiger charge is 2.18. The second-order valence-corrected chi connectivity index (χ2v) is 3.27. The topological polar surface area (TPSA) is 89.1 Å². The van der Waals surface area contributed by atoms with E-state index in [2.05, 4.69) is 20.5 Å². The van der Waals surface area contributed by atoms with Gasteiger partial charge in [0.25, 0.3) is 5.91 Å². The van der Waals surface area contributed by atoms with Gasteiger partial charge in [-0.25, -0.2) is 4.98 Å². The summed E-state index contributed by atoms with van der Waals surface area (Å²) in [6.45, 7) is 2.65. The number of amides is 1. The highest BCUT2D eigenvalue weighted by Crippen LogP contribution is 2.08. The Kier molecular flexibility index (Phi) is 3.04. The number of nitrogens with zero attached hydrogens (tertiary/aromatic N) is 2. The van der Waals surface area contributed by atoms with Gasteiger partial charge in [-0.2, -0.15) is 5.10 Å². The van der Waals surface area contributed by atoms with Crippen molar-refractivity contribution >= 4 is 5.91 Å². The molecule has 86 valence electrons. The number of carbonyl (C=O) groups excluding carboxylic acids is 1. The van der Waals surface area contributed by atoms with Gasteiger partial charge >= 0.3 is 0 Å². The summed E-state index contributed by atoms with van der Waals surface area (Å²) in [5, 5.41) is 9.09. The lowest BCUT2D eigenvalue weighted by Gasteiger charge is -2.17. The van der Waals surface area contributed by atoms with Gasteiger partial charge in [0.1, 0.15) is 31.6 Å². The molecule has 0 aromatic carbocycles. The number of hydrogen-bond acceptors (Lipinski definition) is 5. The molecule has 1 aliphatic heterocycles. The Morgan fingerprint density at radius 3 is 3.12 bits per heavy atom. The molecule has 2 heterocycles. The molecule has 7 heteroatoms. The summed E-state index contributed by atoms with van der Waals surface area (Å²) in [4.78, 5) is 15.6. The summed E-state index contributed by atoms with van der Waals surface area (Å²) < 4.78 is 10.1. The zero-order valence-corrected chi connectivity index (χ0v) is 8.77. The third-order valence-electron chi connectivity index (χ3n) is 2.06. The zero-order chi connectivity index (χ0) is 11.4. The summed E-state index contributed by atoms with van der Waals surface area (Å²) >= 11 is 0. The summed E-state index contributed by atoms with van der Waals surface area (Å²) in [6.07, 6.45) is 2.70. The fourth-order valence-corrected chi connectivity index (χ4v) is 1.25. The molecule has 0 radical (unpaired) electrons. The molecule has 16 heavy (non-hydrogen) atoms. The first-order valence-electron chi connectivity index (χ1n) is 4.88. The minimum Gasteiger partial charge on any atom is -0.494 e. The van der Waals surface area contributed by atoms with Gasteiger partial charge in [-0.05, 0) is 6.92 Å². The van der Waals surface area contributed by atoms with Crippen molar-refractivity contribution in [2.75, 3.05) is 13.2 Å². The molecule has 2 N–H and O–H groups in total. The molecule has 1 aromatic heterocycles. The van der Waals surface area contributed by atoms with Crippen LogP contribution in [0.25, 0.3) is 0 Å². The summed E-state index contributed by atoms with van der Waals surface area (Å²) in [6, 6.07) is -0.263. The monoisotopic (exact) mass is 224 g/mol. The molecule has 2 rings (SSSR count). The van der Waals surface area contributed by atoms with Crippen LogP contribution in [0.2, 0.25) is 0 Å². The van der Waals surface area contributed by atoms with Crippen LogP contribution in [0.1, 0.15) is 18.8 Å². The number of rotatable bonds is 3. The second-order valence-electron chi connectivity index (χ2n) is 3.27. The molecule has 1 aliphatic rings. The van der Waals surface area contributed by atoms with Gasteiger partial charge in [-0.15, -0.1) is 0 Å². The van der Waals surface area contributed by atoms with Crippen molar-refractivity contribution in [3.63, 3.8) is 0 Å². The van der Waals surface area contributed by atoms with E-state index in [9.17, 15) is 4.79 Å². The Bertz CT molecular complexity index is 387. The van der Waals surface area contributed by atoms with E-state index in [1.165, 1.54) is 12.6 Å². The van der Waals surface area contributed by atoms with E-state index < -0.39 is 0 Å². The number of hydrogen-bond donors (Lipinski definition) is 2. The molecule has 0 aliphatic carbocycles. The van der Waals surface area contributed by atoms with E-state index in [4.69, 9.17) is 9.47 Å². The molecule has 1 unspecified atom stereocenters. The molecule has 7 nitrogen and oxygen atoms in total. The number of carbonyl (C=O) groups is 1. The standard InChI is InChI=1S/C9H12N4O3/c1-6(8-10-5-11-13-8)12-9(14)7-4-15-2-3-16-7/h4-6H,2-3H2,1H3,(H,12,14)(H,10,11,13). The van der Waals surface area contributed by atoms with E-state index in [-0.39, 0.29) is 17.7 Å². The van der Waals surface area contributed by atoms with Crippen molar-refractivity contribution in [2.24, 2.45) is 0 Å². The maximum atomic E-state index is 11.7. The van der Waals surface area contributed by atoms with Crippen molar-refractivity contribution in [2.45, 2.75) is 13.0 Å². The molecule has 1 aromatic rings. The number of aromatic nitrogens is 3. The second kappa shape index (κ2) is 4.65. The number of nitrogens with one attached hydrogen (secondary N) is 2. The lowest BCUT2D eigenvalue weighted by Crippen LogP contribution is -2.31. The van der Waals surface area contributed by atoms with Crippen molar-refractivity contribution in [1.29, 1.82) is 0 Å². The Labute approximate surface area is 91.8 Å². The van der Waals surface area contributed by atoms with Crippen LogP contribution < -0.4 is 5.32 Å². The SMILES string of the molecule is CC(NC(=O)C1=COCCO1)c1ncn[nH]1. The van der Waals surface area contributed by atoms with E-state index >= 15 is 0 Å². The molecule has 0 bridgehead atoms. The van der Waals surface area contributed by atoms with Crippen molar-refractivity contribution in [1.82, 2.24) is 20.5 Å². The normalized spacial score (nSPS) is 16.7. The Morgan fingerprint density at radius 2 is 2.50 bits per heavy atom. The van der Waals surface area contributed by atoms with Crippen LogP contribution in [0.3, 0.4) is 0 Å². The maximum absolute atomic E-state index is 11.7. The van der Waals surface area contributed by atoms with E-state index in [0.29, 0.717) is 19.0 Å². The highest BCUT2D eigenvalue weighted by molar-refractivity contribution is 5.91. The first kappa shape index (κ1) is 10.5. The maximum Gasteiger partial charge on any atom is 0.290 e. The fraction of sp³-hybridized carbons (Fsp3) is 0.444. The number of ether oxygens (including phenoxy) is 2. The smallest absolute Gasteiger partial charge is 0.290 e. The van der Waals surface area contributed by atoms with E-state index in [1.54, 1.807) is 6.92 Å². The predicted molar refractivity (Wildman–Crippen MR) is 52.9 cm³/mol. The van der Waals surface area contributed by atoms with Crippen LogP contribution in [0.5, 0.6) is 0 Å². The first-order chi connectivity index (χ1) is 7.77. The molecule has 0 saturated carbocycles. The van der Waals surface area contributed by atoms with Crippen LogP contribution in [0, 0.1) is 0 Å². The van der Waals surface area contributed by atoms with Gasteiger partial charge in [0, 0.05) is 0 Å². The Hall–Kier alpha value is -2.05. The predicted octanol–water partition coefficient (Wildman–Crippen LogP) is -0.130. The van der Waals surface area contributed by atoms with Gasteiger partial charge in [0.05, 0.1) is 6.04 Å². The zero-order valence-electron chi connectivity index (χ0n) is 8.77. The summed E-state index contributed by atoms with van der Waals surface area (Å²) in [7, 11) is 0. The molecule has 1 atom stereocenters. The largest absolute Gasteiger partial charge is 0.494 e. The number of H-pyrrole nitrogens is 1. The van der Waals surface area contributed by atoms with Crippen molar-refractivity contribution in [3.05, 3.63) is 24.2 Å². The van der Waals surface area contributed by atoms with E-state index in [1.807, 2.05) is 0 Å². The number of aromatic amines is 1. The molecule has 0 fully saturated rings. The van der Waals surface area contributed by atoms with Crippen LogP contribution in [0.15, 0.2) is 18.3 Å². The third kappa shape index (κ3) is 2.30. The van der Waals surface area contributed by atoms with Gasteiger partial charge in [0.15, 0.2) is 0 Å². The molecule has 0 spiro atoms. The first-order valence-corrected chi connectivity index (χ1v) is 4.88. The average molecular weight is 224 g/mol. The lowest BCUT2D eigenvalue weighted by atomic mass is 10.3. The minimum absolute atomic E-state index is 0.178. The van der Waals surface area contributed by atoms with Gasteiger partial charge in [0.2, 0.25) is 5.76 Å². The van der Waals surface area contributed by atoms with E-state index in [0.717, 1.165) is 0 Å². The lowest BCUT2D eigenvalue weighted by molar-refractivity contribution is -0.123. The summed E-state index contributed by atoms with van der Waals surface area (Å²) in [5.74, 6) is 0.437. The Morgan fingerprint density at radius 1 is 1.62 bits per heavy atom. The summed E-state index contributed by atoms with van der Waals surface area (Å²) in [5.41, 5.74) is 0. The van der Waals surface area contributed by atoms with Gasteiger partial charge in [-0.1, -0.05) is 0 Å². The third-order valence-corrected chi connectivity index (χ3v) is 2.06. The Balaban J connectivity index is 1.94. The molecule has 1 amide bonds.